The SMILES string of the molecule is CCOC(OCC)c1cc(=O)n2[nH]cc(-c3cc(-c4ccccc4)cs3)c2n1. The highest BCUT2D eigenvalue weighted by molar-refractivity contribution is 7.14. The average molecular weight is 395 g/mol. The fourth-order valence-corrected chi connectivity index (χ4v) is 4.01. The predicted octanol–water partition coefficient (Wildman–Crippen LogP) is 4.49. The Bertz CT molecular complexity index is 1120. The van der Waals surface area contributed by atoms with E-state index in [0.717, 1.165) is 21.6 Å². The van der Waals surface area contributed by atoms with Gasteiger partial charge in [-0.2, -0.15) is 0 Å². The molecule has 0 atom stereocenters. The maximum Gasteiger partial charge on any atom is 0.273 e. The molecule has 0 radical (unpaired) electrons. The monoisotopic (exact) mass is 395 g/mol. The fraction of sp³-hybridized carbons (Fsp3) is 0.238. The summed E-state index contributed by atoms with van der Waals surface area (Å²) in [7, 11) is 0. The third kappa shape index (κ3) is 3.52. The van der Waals surface area contributed by atoms with E-state index in [1.807, 2.05) is 38.2 Å². The molecule has 144 valence electrons. The van der Waals surface area contributed by atoms with Crippen LogP contribution in [0.4, 0.5) is 0 Å². The first-order valence-corrected chi connectivity index (χ1v) is 10.1. The van der Waals surface area contributed by atoms with Gasteiger partial charge in [0.05, 0.1) is 5.56 Å². The summed E-state index contributed by atoms with van der Waals surface area (Å²) in [6.45, 7) is 4.71. The summed E-state index contributed by atoms with van der Waals surface area (Å²) in [4.78, 5) is 18.3. The zero-order valence-electron chi connectivity index (χ0n) is 15.7. The van der Waals surface area contributed by atoms with Gasteiger partial charge in [0.2, 0.25) is 6.29 Å². The number of nitrogens with zero attached hydrogens (tertiary/aromatic N) is 2. The molecule has 28 heavy (non-hydrogen) atoms. The molecule has 1 aromatic carbocycles. The van der Waals surface area contributed by atoms with Crippen molar-refractivity contribution in [1.29, 1.82) is 0 Å². The molecule has 0 saturated carbocycles. The number of hydrogen-bond acceptors (Lipinski definition) is 5. The van der Waals surface area contributed by atoms with Gasteiger partial charge in [0.1, 0.15) is 5.69 Å². The number of thiophene rings is 1. The van der Waals surface area contributed by atoms with Gasteiger partial charge in [0, 0.05) is 30.4 Å². The van der Waals surface area contributed by atoms with Crippen LogP contribution in [0.5, 0.6) is 0 Å². The van der Waals surface area contributed by atoms with Crippen LogP contribution in [0.2, 0.25) is 0 Å². The molecule has 0 unspecified atom stereocenters. The van der Waals surface area contributed by atoms with Gasteiger partial charge in [0.15, 0.2) is 5.65 Å². The molecule has 0 saturated heterocycles. The standard InChI is InChI=1S/C21H21N3O3S/c1-3-26-21(27-4-2)17-11-19(25)24-20(23-17)16(12-22-24)18-10-15(13-28-18)14-8-6-5-7-9-14/h5-13,21-22H,3-4H2,1-2H3. The molecule has 1 N–H and O–H groups in total. The minimum absolute atomic E-state index is 0.199. The highest BCUT2D eigenvalue weighted by Gasteiger charge is 2.18. The van der Waals surface area contributed by atoms with Crippen molar-refractivity contribution in [2.45, 2.75) is 20.1 Å². The summed E-state index contributed by atoms with van der Waals surface area (Å²) in [6, 6.07) is 13.8. The van der Waals surface area contributed by atoms with Crippen LogP contribution in [-0.2, 0) is 9.47 Å². The van der Waals surface area contributed by atoms with E-state index in [1.165, 1.54) is 10.6 Å². The second kappa shape index (κ2) is 8.10. The highest BCUT2D eigenvalue weighted by atomic mass is 32.1. The molecular formula is C21H21N3O3S. The van der Waals surface area contributed by atoms with Crippen LogP contribution in [0.15, 0.2) is 58.8 Å². The smallest absolute Gasteiger partial charge is 0.273 e. The van der Waals surface area contributed by atoms with Crippen LogP contribution < -0.4 is 5.56 Å². The molecule has 6 nitrogen and oxygen atoms in total. The Morgan fingerprint density at radius 3 is 2.57 bits per heavy atom. The maximum atomic E-state index is 12.6. The van der Waals surface area contributed by atoms with Crippen molar-refractivity contribution < 1.29 is 9.47 Å². The summed E-state index contributed by atoms with van der Waals surface area (Å²) in [6.07, 6.45) is 1.16. The van der Waals surface area contributed by atoms with Crippen LogP contribution in [0.25, 0.3) is 27.2 Å². The number of nitrogens with one attached hydrogen (secondary N) is 1. The molecule has 0 spiro atoms. The molecule has 3 heterocycles. The van der Waals surface area contributed by atoms with Gasteiger partial charge in [-0.15, -0.1) is 11.3 Å². The van der Waals surface area contributed by atoms with Crippen molar-refractivity contribution in [3.63, 3.8) is 0 Å². The number of aromatic amines is 1. The Morgan fingerprint density at radius 2 is 1.86 bits per heavy atom. The largest absolute Gasteiger partial charge is 0.347 e. The van der Waals surface area contributed by atoms with Gasteiger partial charge in [-0.3, -0.25) is 9.89 Å². The quantitative estimate of drug-likeness (QED) is 0.468. The van der Waals surface area contributed by atoms with Crippen LogP contribution in [0.1, 0.15) is 25.8 Å². The zero-order valence-corrected chi connectivity index (χ0v) is 16.5. The van der Waals surface area contributed by atoms with E-state index in [-0.39, 0.29) is 5.56 Å². The van der Waals surface area contributed by atoms with Gasteiger partial charge >= 0.3 is 0 Å². The lowest BCUT2D eigenvalue weighted by atomic mass is 10.1. The van der Waals surface area contributed by atoms with Crippen molar-refractivity contribution in [3.05, 3.63) is 70.1 Å². The third-order valence-electron chi connectivity index (χ3n) is 4.37. The molecule has 3 aromatic heterocycles. The van der Waals surface area contributed by atoms with Crippen LogP contribution in [-0.4, -0.2) is 27.8 Å². The lowest BCUT2D eigenvalue weighted by Crippen LogP contribution is -2.19. The van der Waals surface area contributed by atoms with Gasteiger partial charge in [-0.25, -0.2) is 9.50 Å². The average Bonchev–Trinajstić information content (AvgIpc) is 3.35. The van der Waals surface area contributed by atoms with Crippen LogP contribution in [0, 0.1) is 0 Å². The molecule has 4 aromatic rings. The van der Waals surface area contributed by atoms with Crippen molar-refractivity contribution in [1.82, 2.24) is 14.6 Å². The summed E-state index contributed by atoms with van der Waals surface area (Å²) >= 11 is 1.62. The molecule has 4 rings (SSSR count). The first-order valence-electron chi connectivity index (χ1n) is 9.20. The first-order chi connectivity index (χ1) is 13.7. The Labute approximate surface area is 166 Å². The Hall–Kier alpha value is -2.74. The van der Waals surface area contributed by atoms with E-state index in [9.17, 15) is 4.79 Å². The summed E-state index contributed by atoms with van der Waals surface area (Å²) in [5.41, 5.74) is 4.01. The number of ether oxygens (including phenoxy) is 2. The lowest BCUT2D eigenvalue weighted by Gasteiger charge is -2.16. The number of H-pyrrole nitrogens is 1. The summed E-state index contributed by atoms with van der Waals surface area (Å²) in [5.74, 6) is 0. The van der Waals surface area contributed by atoms with Gasteiger partial charge in [-0.05, 0) is 36.4 Å². The number of aromatic nitrogens is 3. The maximum absolute atomic E-state index is 12.6. The van der Waals surface area contributed by atoms with Gasteiger partial charge in [-0.1, -0.05) is 30.3 Å². The highest BCUT2D eigenvalue weighted by Crippen LogP contribution is 2.34. The van der Waals surface area contributed by atoms with E-state index >= 15 is 0 Å². The first kappa shape index (κ1) is 18.6. The van der Waals surface area contributed by atoms with Gasteiger partial charge < -0.3 is 9.47 Å². The van der Waals surface area contributed by atoms with E-state index < -0.39 is 6.29 Å². The topological polar surface area (TPSA) is 68.6 Å². The second-order valence-electron chi connectivity index (χ2n) is 6.17. The third-order valence-corrected chi connectivity index (χ3v) is 5.33. The molecule has 0 amide bonds. The molecule has 0 aliphatic heterocycles. The molecule has 0 aliphatic rings. The summed E-state index contributed by atoms with van der Waals surface area (Å²) in [5, 5.41) is 5.11. The summed E-state index contributed by atoms with van der Waals surface area (Å²) < 4.78 is 12.7. The van der Waals surface area contributed by atoms with E-state index in [1.54, 1.807) is 11.3 Å². The molecule has 0 aliphatic carbocycles. The zero-order chi connectivity index (χ0) is 19.5. The molecule has 0 bridgehead atoms. The van der Waals surface area contributed by atoms with Gasteiger partial charge in [0.25, 0.3) is 5.56 Å². The van der Waals surface area contributed by atoms with E-state index in [0.29, 0.717) is 24.6 Å². The van der Waals surface area contributed by atoms with E-state index in [4.69, 9.17) is 9.47 Å². The number of hydrogen-bond donors (Lipinski definition) is 1. The van der Waals surface area contributed by atoms with Crippen LogP contribution in [0.3, 0.4) is 0 Å². The molecule has 7 heteroatoms. The minimum Gasteiger partial charge on any atom is -0.347 e. The van der Waals surface area contributed by atoms with E-state index in [2.05, 4.69) is 33.7 Å². The molecular weight excluding hydrogens is 374 g/mol. The van der Waals surface area contributed by atoms with Crippen LogP contribution >= 0.6 is 11.3 Å². The normalized spacial score (nSPS) is 11.5. The lowest BCUT2D eigenvalue weighted by molar-refractivity contribution is -0.142. The predicted molar refractivity (Wildman–Crippen MR) is 111 cm³/mol. The van der Waals surface area contributed by atoms with Crippen molar-refractivity contribution >= 4 is 17.0 Å². The number of rotatable bonds is 7. The number of benzene rings is 1. The van der Waals surface area contributed by atoms with Crippen molar-refractivity contribution in [2.24, 2.45) is 0 Å². The Balaban J connectivity index is 1.78. The minimum atomic E-state index is -0.654. The Kier molecular flexibility index (Phi) is 5.38. The Morgan fingerprint density at radius 1 is 1.11 bits per heavy atom. The number of fused-ring (bicyclic) bond motifs is 1. The fourth-order valence-electron chi connectivity index (χ4n) is 3.08. The molecule has 0 fully saturated rings. The van der Waals surface area contributed by atoms with Crippen molar-refractivity contribution in [3.8, 4) is 21.6 Å². The second-order valence-corrected chi connectivity index (χ2v) is 7.08. The van der Waals surface area contributed by atoms with Crippen molar-refractivity contribution in [2.75, 3.05) is 13.2 Å².